The molecule has 2 aromatic heterocycles. The van der Waals surface area contributed by atoms with Gasteiger partial charge in [-0.25, -0.2) is 4.79 Å². The standard InChI is InChI=1S/C9H8N2O3/c10-3-6-2-7-8(14-6)1-5(4-11-7)9(12)13/h1-2,4H,3,10H2,(H,12,13). The molecule has 2 aromatic rings. The summed E-state index contributed by atoms with van der Waals surface area (Å²) >= 11 is 0. The molecule has 2 rings (SSSR count). The van der Waals surface area contributed by atoms with Crippen molar-refractivity contribution in [1.29, 1.82) is 0 Å². The predicted octanol–water partition coefficient (Wildman–Crippen LogP) is 0.985. The molecule has 0 bridgehead atoms. The molecule has 0 spiro atoms. The van der Waals surface area contributed by atoms with E-state index in [0.717, 1.165) is 0 Å². The van der Waals surface area contributed by atoms with Gasteiger partial charge in [0.05, 0.1) is 12.1 Å². The molecule has 0 fully saturated rings. The first-order valence-corrected chi connectivity index (χ1v) is 4.02. The fourth-order valence-electron chi connectivity index (χ4n) is 1.19. The van der Waals surface area contributed by atoms with Gasteiger partial charge in [0.15, 0.2) is 5.58 Å². The molecule has 0 aliphatic carbocycles. The minimum absolute atomic E-state index is 0.107. The van der Waals surface area contributed by atoms with Crippen LogP contribution in [0.5, 0.6) is 0 Å². The molecule has 0 radical (unpaired) electrons. The number of carbonyl (C=O) groups is 1. The lowest BCUT2D eigenvalue weighted by molar-refractivity contribution is 0.0696. The Morgan fingerprint density at radius 3 is 3.00 bits per heavy atom. The van der Waals surface area contributed by atoms with Crippen molar-refractivity contribution in [3.8, 4) is 0 Å². The van der Waals surface area contributed by atoms with Crippen molar-refractivity contribution in [2.24, 2.45) is 5.73 Å². The first kappa shape index (κ1) is 8.71. The number of carboxylic acid groups (broad SMARTS) is 1. The van der Waals surface area contributed by atoms with Crippen LogP contribution in [-0.2, 0) is 6.54 Å². The molecule has 5 nitrogen and oxygen atoms in total. The summed E-state index contributed by atoms with van der Waals surface area (Å²) in [4.78, 5) is 14.6. The van der Waals surface area contributed by atoms with Crippen LogP contribution in [0.3, 0.4) is 0 Å². The van der Waals surface area contributed by atoms with Gasteiger partial charge in [0.1, 0.15) is 11.3 Å². The number of fused-ring (bicyclic) bond motifs is 1. The molecule has 0 atom stereocenters. The maximum Gasteiger partial charge on any atom is 0.337 e. The van der Waals surface area contributed by atoms with Crippen LogP contribution in [0.25, 0.3) is 11.1 Å². The highest BCUT2D eigenvalue weighted by Crippen LogP contribution is 2.17. The molecular formula is C9H8N2O3. The zero-order valence-corrected chi connectivity index (χ0v) is 7.23. The summed E-state index contributed by atoms with van der Waals surface area (Å²) in [6, 6.07) is 3.13. The zero-order valence-electron chi connectivity index (χ0n) is 7.23. The van der Waals surface area contributed by atoms with E-state index in [1.54, 1.807) is 6.07 Å². The molecule has 14 heavy (non-hydrogen) atoms. The predicted molar refractivity (Wildman–Crippen MR) is 48.9 cm³/mol. The lowest BCUT2D eigenvalue weighted by Gasteiger charge is -1.91. The summed E-state index contributed by atoms with van der Waals surface area (Å²) in [7, 11) is 0. The minimum Gasteiger partial charge on any atom is -0.478 e. The number of furan rings is 1. The van der Waals surface area contributed by atoms with Crippen molar-refractivity contribution >= 4 is 17.1 Å². The van der Waals surface area contributed by atoms with Crippen LogP contribution in [0.4, 0.5) is 0 Å². The Hall–Kier alpha value is -1.88. The molecule has 2 heterocycles. The van der Waals surface area contributed by atoms with Gasteiger partial charge in [0, 0.05) is 12.3 Å². The largest absolute Gasteiger partial charge is 0.478 e. The van der Waals surface area contributed by atoms with Gasteiger partial charge in [0.25, 0.3) is 0 Å². The first-order valence-electron chi connectivity index (χ1n) is 4.02. The summed E-state index contributed by atoms with van der Waals surface area (Å²) < 4.78 is 5.26. The monoisotopic (exact) mass is 192 g/mol. The van der Waals surface area contributed by atoms with Gasteiger partial charge in [0.2, 0.25) is 0 Å². The van der Waals surface area contributed by atoms with Crippen LogP contribution in [0.2, 0.25) is 0 Å². The Morgan fingerprint density at radius 1 is 1.57 bits per heavy atom. The van der Waals surface area contributed by atoms with Gasteiger partial charge in [-0.05, 0) is 6.07 Å². The topological polar surface area (TPSA) is 89.3 Å². The van der Waals surface area contributed by atoms with Crippen LogP contribution < -0.4 is 5.73 Å². The van der Waals surface area contributed by atoms with E-state index < -0.39 is 5.97 Å². The van der Waals surface area contributed by atoms with Crippen LogP contribution >= 0.6 is 0 Å². The van der Waals surface area contributed by atoms with Gasteiger partial charge < -0.3 is 15.3 Å². The number of rotatable bonds is 2. The number of pyridine rings is 1. The van der Waals surface area contributed by atoms with E-state index in [1.807, 2.05) is 0 Å². The molecule has 0 saturated carbocycles. The van der Waals surface area contributed by atoms with Crippen molar-refractivity contribution in [3.05, 3.63) is 29.7 Å². The number of nitrogens with two attached hydrogens (primary N) is 1. The smallest absolute Gasteiger partial charge is 0.337 e. The Labute approximate surface area is 79.2 Å². The van der Waals surface area contributed by atoms with Gasteiger partial charge in [-0.1, -0.05) is 0 Å². The van der Waals surface area contributed by atoms with Gasteiger partial charge in [-0.15, -0.1) is 0 Å². The van der Waals surface area contributed by atoms with E-state index in [4.69, 9.17) is 15.3 Å². The normalized spacial score (nSPS) is 10.6. The number of aromatic nitrogens is 1. The number of nitrogens with zero attached hydrogens (tertiary/aromatic N) is 1. The third-order valence-electron chi connectivity index (χ3n) is 1.87. The van der Waals surface area contributed by atoms with Gasteiger partial charge in [-0.3, -0.25) is 4.98 Å². The molecule has 0 unspecified atom stereocenters. The summed E-state index contributed by atoms with van der Waals surface area (Å²) in [5.74, 6) is -0.430. The highest BCUT2D eigenvalue weighted by Gasteiger charge is 2.08. The average Bonchev–Trinajstić information content (AvgIpc) is 2.58. The highest BCUT2D eigenvalue weighted by atomic mass is 16.4. The van der Waals surface area contributed by atoms with E-state index in [2.05, 4.69) is 4.98 Å². The molecule has 0 aromatic carbocycles. The van der Waals surface area contributed by atoms with Gasteiger partial charge >= 0.3 is 5.97 Å². The fourth-order valence-corrected chi connectivity index (χ4v) is 1.19. The minimum atomic E-state index is -1.02. The molecule has 0 aliphatic heterocycles. The zero-order chi connectivity index (χ0) is 10.1. The molecule has 72 valence electrons. The van der Waals surface area contributed by atoms with Crippen molar-refractivity contribution < 1.29 is 14.3 Å². The second-order valence-electron chi connectivity index (χ2n) is 2.83. The van der Waals surface area contributed by atoms with Crippen molar-refractivity contribution in [2.75, 3.05) is 0 Å². The first-order chi connectivity index (χ1) is 6.70. The number of carboxylic acids is 1. The number of aromatic carboxylic acids is 1. The SMILES string of the molecule is NCc1cc2ncc(C(=O)O)cc2o1. The third-order valence-corrected chi connectivity index (χ3v) is 1.87. The van der Waals surface area contributed by atoms with Crippen molar-refractivity contribution in [3.63, 3.8) is 0 Å². The van der Waals surface area contributed by atoms with Crippen molar-refractivity contribution in [2.45, 2.75) is 6.54 Å². The van der Waals surface area contributed by atoms with E-state index >= 15 is 0 Å². The second-order valence-corrected chi connectivity index (χ2v) is 2.83. The van der Waals surface area contributed by atoms with E-state index in [9.17, 15) is 4.79 Å². The molecule has 3 N–H and O–H groups in total. The highest BCUT2D eigenvalue weighted by molar-refractivity contribution is 5.90. The van der Waals surface area contributed by atoms with Crippen LogP contribution in [-0.4, -0.2) is 16.1 Å². The summed E-state index contributed by atoms with van der Waals surface area (Å²) in [6.07, 6.45) is 1.29. The number of hydrogen-bond acceptors (Lipinski definition) is 4. The lowest BCUT2D eigenvalue weighted by atomic mass is 10.2. The summed E-state index contributed by atoms with van der Waals surface area (Å²) in [6.45, 7) is 0.277. The fraction of sp³-hybridized carbons (Fsp3) is 0.111. The van der Waals surface area contributed by atoms with E-state index in [1.165, 1.54) is 12.3 Å². The maximum absolute atomic E-state index is 10.6. The third kappa shape index (κ3) is 1.33. The maximum atomic E-state index is 10.6. The Kier molecular flexibility index (Phi) is 1.94. The van der Waals surface area contributed by atoms with E-state index in [-0.39, 0.29) is 12.1 Å². The van der Waals surface area contributed by atoms with Crippen LogP contribution in [0.15, 0.2) is 22.7 Å². The second kappa shape index (κ2) is 3.12. The van der Waals surface area contributed by atoms with Crippen LogP contribution in [0, 0.1) is 0 Å². The molecular weight excluding hydrogens is 184 g/mol. The Balaban J connectivity index is 2.59. The molecule has 5 heteroatoms. The molecule has 0 saturated heterocycles. The van der Waals surface area contributed by atoms with Gasteiger partial charge in [-0.2, -0.15) is 0 Å². The lowest BCUT2D eigenvalue weighted by Crippen LogP contribution is -1.95. The molecule has 0 amide bonds. The number of hydrogen-bond donors (Lipinski definition) is 2. The Morgan fingerprint density at radius 2 is 2.36 bits per heavy atom. The average molecular weight is 192 g/mol. The quantitative estimate of drug-likeness (QED) is 0.740. The van der Waals surface area contributed by atoms with Crippen molar-refractivity contribution in [1.82, 2.24) is 4.98 Å². The van der Waals surface area contributed by atoms with E-state index in [0.29, 0.717) is 16.9 Å². The molecule has 0 aliphatic rings. The van der Waals surface area contributed by atoms with Crippen LogP contribution in [0.1, 0.15) is 16.1 Å². The summed E-state index contributed by atoms with van der Waals surface area (Å²) in [5, 5.41) is 8.70. The Bertz CT molecular complexity index is 490. The summed E-state index contributed by atoms with van der Waals surface area (Å²) in [5.41, 5.74) is 6.55.